The summed E-state index contributed by atoms with van der Waals surface area (Å²) in [5, 5.41) is 26.2. The number of hydrogen-bond acceptors (Lipinski definition) is 7. The van der Waals surface area contributed by atoms with Crippen molar-refractivity contribution >= 4 is 28.3 Å². The quantitative estimate of drug-likeness (QED) is 0.130. The molecule has 4 aromatic rings. The normalized spacial score (nSPS) is 19.4. The van der Waals surface area contributed by atoms with Gasteiger partial charge in [-0.05, 0) is 51.8 Å². The minimum Gasteiger partial charge on any atom is -0.507 e. The number of carbonyl (C=O) groups is 3. The first-order valence-corrected chi connectivity index (χ1v) is 14.1. The molecule has 2 atom stereocenters. The molecule has 0 amide bonds. The third-order valence-electron chi connectivity index (χ3n) is 8.82. The number of para-hydroxylation sites is 1. The number of aryl methyl sites for hydroxylation is 1. The van der Waals surface area contributed by atoms with Crippen LogP contribution in [0, 0.1) is 13.8 Å². The smallest absolute Gasteiger partial charge is 0.194 e. The van der Waals surface area contributed by atoms with Crippen LogP contribution < -0.4 is 10.1 Å². The molecule has 0 saturated carbocycles. The number of allylic oxidation sites excluding steroid dienone is 4. The number of nitrogens with one attached hydrogen (secondary N) is 2. The Kier molecular flexibility index (Phi) is 6.53. The summed E-state index contributed by atoms with van der Waals surface area (Å²) in [5.74, 6) is -2.57. The van der Waals surface area contributed by atoms with Crippen molar-refractivity contribution in [2.45, 2.75) is 46.0 Å². The van der Waals surface area contributed by atoms with Crippen molar-refractivity contribution in [2.24, 2.45) is 0 Å². The minimum absolute atomic E-state index is 0.00781. The number of rotatable bonds is 6. The number of phenolic OH excluding ortho intramolecular Hbond substituents is 2. The van der Waals surface area contributed by atoms with E-state index in [4.69, 9.17) is 4.74 Å². The second-order valence-corrected chi connectivity index (χ2v) is 11.4. The maximum absolute atomic E-state index is 14.2. The number of benzene rings is 3. The fraction of sp³-hybridized carbons (Fsp3) is 0.229. The van der Waals surface area contributed by atoms with Gasteiger partial charge in [0.1, 0.15) is 34.0 Å². The number of ether oxygens (including phenoxy) is 1. The van der Waals surface area contributed by atoms with Gasteiger partial charge < -0.3 is 25.3 Å². The van der Waals surface area contributed by atoms with Gasteiger partial charge in [-0.25, -0.2) is 0 Å². The lowest BCUT2D eigenvalue weighted by atomic mass is 9.70. The highest BCUT2D eigenvalue weighted by molar-refractivity contribution is 6.31. The molecule has 218 valence electrons. The Labute approximate surface area is 248 Å². The lowest BCUT2D eigenvalue weighted by Crippen LogP contribution is -2.41. The molecule has 2 aliphatic rings. The number of ketones is 3. The molecule has 43 heavy (non-hydrogen) atoms. The molecule has 2 heterocycles. The molecular weight excluding hydrogens is 544 g/mol. The van der Waals surface area contributed by atoms with Gasteiger partial charge in [0.15, 0.2) is 17.3 Å². The monoisotopic (exact) mass is 576 g/mol. The molecule has 0 saturated heterocycles. The fourth-order valence-corrected chi connectivity index (χ4v) is 6.53. The molecule has 4 N–H and O–H groups in total. The second kappa shape index (κ2) is 10.0. The predicted molar refractivity (Wildman–Crippen MR) is 163 cm³/mol. The molecule has 3 aromatic carbocycles. The number of aromatic nitrogens is 1. The SMILES string of the molecule is CC(=O)c1c(O)c(C)c(O)c2c1OC1=CC(=O)C(=C(C)NCC(c3ccccc3)c3c(C)[nH]c4ccccc34)C(=O)C12C. The van der Waals surface area contributed by atoms with Crippen molar-refractivity contribution in [1.29, 1.82) is 0 Å². The number of aromatic hydroxyl groups is 2. The van der Waals surface area contributed by atoms with E-state index in [1.165, 1.54) is 19.9 Å². The summed E-state index contributed by atoms with van der Waals surface area (Å²) in [5.41, 5.74) is 3.01. The Balaban J connectivity index is 1.43. The molecule has 6 rings (SSSR count). The molecule has 0 fully saturated rings. The third kappa shape index (κ3) is 4.08. The van der Waals surface area contributed by atoms with E-state index in [-0.39, 0.29) is 45.4 Å². The Morgan fingerprint density at radius 3 is 2.37 bits per heavy atom. The molecule has 0 radical (unpaired) electrons. The number of hydrogen-bond donors (Lipinski definition) is 4. The first-order chi connectivity index (χ1) is 20.5. The van der Waals surface area contributed by atoms with Gasteiger partial charge in [-0.3, -0.25) is 14.4 Å². The second-order valence-electron chi connectivity index (χ2n) is 11.4. The lowest BCUT2D eigenvalue weighted by Gasteiger charge is -2.29. The maximum Gasteiger partial charge on any atom is 0.194 e. The molecule has 1 aliphatic carbocycles. The van der Waals surface area contributed by atoms with Crippen LogP contribution in [-0.2, 0) is 15.0 Å². The zero-order valence-corrected chi connectivity index (χ0v) is 24.6. The predicted octanol–water partition coefficient (Wildman–Crippen LogP) is 5.78. The molecule has 8 nitrogen and oxygen atoms in total. The van der Waals surface area contributed by atoms with E-state index in [1.54, 1.807) is 13.8 Å². The first kappa shape index (κ1) is 28.0. The van der Waals surface area contributed by atoms with E-state index in [0.717, 1.165) is 27.7 Å². The summed E-state index contributed by atoms with van der Waals surface area (Å²) in [6, 6.07) is 18.2. The van der Waals surface area contributed by atoms with E-state index < -0.39 is 28.5 Å². The number of phenols is 2. The summed E-state index contributed by atoms with van der Waals surface area (Å²) in [4.78, 5) is 43.6. The number of H-pyrrole nitrogens is 1. The summed E-state index contributed by atoms with van der Waals surface area (Å²) in [7, 11) is 0. The van der Waals surface area contributed by atoms with Crippen molar-refractivity contribution in [2.75, 3.05) is 6.54 Å². The number of aromatic amines is 1. The average Bonchev–Trinajstić information content (AvgIpc) is 3.46. The Hall–Kier alpha value is -5.11. The zero-order valence-electron chi connectivity index (χ0n) is 24.6. The van der Waals surface area contributed by atoms with Crippen LogP contribution in [0.2, 0.25) is 0 Å². The standard InChI is InChI=1S/C35H32N2O6/c1-17-31(40)29(20(4)38)33-30(32(17)41)35(5)26(43-33)15-25(39)28(34(35)42)18(2)36-16-23(21-11-7-6-8-12-21)27-19(3)37-24-14-10-9-13-22(24)27/h6-15,23,36-37,40-41H,16H2,1-5H3. The number of fused-ring (bicyclic) bond motifs is 4. The van der Waals surface area contributed by atoms with Crippen LogP contribution in [0.5, 0.6) is 17.2 Å². The highest BCUT2D eigenvalue weighted by Gasteiger charge is 2.56. The number of Topliss-reactive ketones (excluding diaryl/α,β-unsaturated/α-hetero) is 2. The van der Waals surface area contributed by atoms with Crippen LogP contribution in [0.1, 0.15) is 65.0 Å². The van der Waals surface area contributed by atoms with Crippen LogP contribution in [-0.4, -0.2) is 39.1 Å². The molecule has 0 spiro atoms. The highest BCUT2D eigenvalue weighted by Crippen LogP contribution is 2.57. The Morgan fingerprint density at radius 2 is 1.67 bits per heavy atom. The Bertz CT molecular complexity index is 1930. The zero-order chi connectivity index (χ0) is 30.8. The summed E-state index contributed by atoms with van der Waals surface area (Å²) < 4.78 is 5.88. The van der Waals surface area contributed by atoms with Gasteiger partial charge >= 0.3 is 0 Å². The van der Waals surface area contributed by atoms with Crippen molar-refractivity contribution in [3.8, 4) is 17.2 Å². The minimum atomic E-state index is -1.57. The van der Waals surface area contributed by atoms with Crippen molar-refractivity contribution in [1.82, 2.24) is 10.3 Å². The van der Waals surface area contributed by atoms with Crippen LogP contribution in [0.4, 0.5) is 0 Å². The van der Waals surface area contributed by atoms with E-state index in [2.05, 4.69) is 28.5 Å². The number of carbonyl (C=O) groups excluding carboxylic acids is 3. The van der Waals surface area contributed by atoms with Crippen molar-refractivity contribution < 1.29 is 29.3 Å². The van der Waals surface area contributed by atoms with Crippen molar-refractivity contribution in [3.05, 3.63) is 111 Å². The third-order valence-corrected chi connectivity index (χ3v) is 8.82. The van der Waals surface area contributed by atoms with Gasteiger partial charge in [0.25, 0.3) is 0 Å². The van der Waals surface area contributed by atoms with Gasteiger partial charge in [-0.1, -0.05) is 48.5 Å². The molecular formula is C35H32N2O6. The summed E-state index contributed by atoms with van der Waals surface area (Å²) in [6.07, 6.45) is 1.23. The Morgan fingerprint density at radius 1 is 1.00 bits per heavy atom. The van der Waals surface area contributed by atoms with Gasteiger partial charge in [0, 0.05) is 46.4 Å². The average molecular weight is 577 g/mol. The van der Waals surface area contributed by atoms with Crippen molar-refractivity contribution in [3.63, 3.8) is 0 Å². The highest BCUT2D eigenvalue weighted by atomic mass is 16.5. The van der Waals surface area contributed by atoms with Crippen LogP contribution in [0.15, 0.2) is 77.7 Å². The van der Waals surface area contributed by atoms with Gasteiger partial charge in [-0.15, -0.1) is 0 Å². The lowest BCUT2D eigenvalue weighted by molar-refractivity contribution is -0.123. The molecule has 8 heteroatoms. The van der Waals surface area contributed by atoms with E-state index in [0.29, 0.717) is 12.2 Å². The van der Waals surface area contributed by atoms with Gasteiger partial charge in [0.2, 0.25) is 0 Å². The fourth-order valence-electron chi connectivity index (χ4n) is 6.53. The molecule has 1 aliphatic heterocycles. The summed E-state index contributed by atoms with van der Waals surface area (Å²) >= 11 is 0. The van der Waals surface area contributed by atoms with Crippen LogP contribution >= 0.6 is 0 Å². The van der Waals surface area contributed by atoms with E-state index in [9.17, 15) is 24.6 Å². The van der Waals surface area contributed by atoms with Gasteiger partial charge in [-0.2, -0.15) is 0 Å². The van der Waals surface area contributed by atoms with Crippen LogP contribution in [0.3, 0.4) is 0 Å². The molecule has 0 bridgehead atoms. The molecule has 1 aromatic heterocycles. The van der Waals surface area contributed by atoms with Crippen LogP contribution in [0.25, 0.3) is 10.9 Å². The topological polar surface area (TPSA) is 129 Å². The summed E-state index contributed by atoms with van der Waals surface area (Å²) in [6.45, 7) is 8.42. The van der Waals surface area contributed by atoms with E-state index in [1.807, 2.05) is 43.3 Å². The first-order valence-electron chi connectivity index (χ1n) is 14.1. The molecule has 2 unspecified atom stereocenters. The van der Waals surface area contributed by atoms with E-state index >= 15 is 0 Å². The maximum atomic E-state index is 14.2. The van der Waals surface area contributed by atoms with Gasteiger partial charge in [0.05, 0.1) is 11.1 Å². The largest absolute Gasteiger partial charge is 0.507 e.